The standard InChI is InChI=1S/C24H25N3O6/c1-32-20-10-2-16(3-11-20)14-26(18-8-9-18)23(30)15-33-24(31)17-4-6-19(7-5-17)27-22(29)13-12-21(28)25-27/h2-7,10-11,18H,8-9,12-15H2,1H3,(H,25,28). The molecule has 2 fully saturated rings. The zero-order chi connectivity index (χ0) is 23.4. The maximum Gasteiger partial charge on any atom is 0.338 e. The van der Waals surface area contributed by atoms with Gasteiger partial charge in [0.25, 0.3) is 5.91 Å². The molecule has 172 valence electrons. The van der Waals surface area contributed by atoms with Gasteiger partial charge in [0.05, 0.1) is 18.4 Å². The maximum absolute atomic E-state index is 12.8. The fraction of sp³-hybridized carbons (Fsp3) is 0.333. The Morgan fingerprint density at radius 2 is 1.73 bits per heavy atom. The van der Waals surface area contributed by atoms with Crippen LogP contribution in [0.25, 0.3) is 0 Å². The number of hydrogen-bond acceptors (Lipinski definition) is 6. The predicted molar refractivity (Wildman–Crippen MR) is 118 cm³/mol. The van der Waals surface area contributed by atoms with Crippen molar-refractivity contribution in [3.05, 3.63) is 59.7 Å². The van der Waals surface area contributed by atoms with Crippen molar-refractivity contribution in [2.24, 2.45) is 0 Å². The summed E-state index contributed by atoms with van der Waals surface area (Å²) in [6.07, 6.45) is 2.15. The summed E-state index contributed by atoms with van der Waals surface area (Å²) < 4.78 is 10.4. The van der Waals surface area contributed by atoms with Crippen LogP contribution in [0.5, 0.6) is 5.75 Å². The third kappa shape index (κ3) is 5.49. The smallest absolute Gasteiger partial charge is 0.338 e. The molecule has 0 unspecified atom stereocenters. The summed E-state index contributed by atoms with van der Waals surface area (Å²) in [7, 11) is 1.60. The Labute approximate surface area is 191 Å². The Balaban J connectivity index is 1.33. The molecule has 3 amide bonds. The highest BCUT2D eigenvalue weighted by Gasteiger charge is 2.33. The van der Waals surface area contributed by atoms with E-state index in [1.807, 2.05) is 24.3 Å². The van der Waals surface area contributed by atoms with E-state index in [2.05, 4.69) is 5.43 Å². The number of amides is 3. The molecule has 1 N–H and O–H groups in total. The number of benzene rings is 2. The Hall–Kier alpha value is -3.88. The first-order valence-electron chi connectivity index (χ1n) is 10.8. The van der Waals surface area contributed by atoms with Crippen molar-refractivity contribution in [3.63, 3.8) is 0 Å². The van der Waals surface area contributed by atoms with Crippen molar-refractivity contribution in [1.82, 2.24) is 10.3 Å². The van der Waals surface area contributed by atoms with Gasteiger partial charge in [-0.1, -0.05) is 12.1 Å². The number of nitrogens with one attached hydrogen (secondary N) is 1. The molecule has 1 saturated carbocycles. The van der Waals surface area contributed by atoms with Crippen molar-refractivity contribution in [2.45, 2.75) is 38.3 Å². The second-order valence-electron chi connectivity index (χ2n) is 7.99. The fourth-order valence-electron chi connectivity index (χ4n) is 3.56. The number of anilines is 1. The van der Waals surface area contributed by atoms with Crippen LogP contribution in [-0.2, 0) is 25.7 Å². The molecule has 1 saturated heterocycles. The lowest BCUT2D eigenvalue weighted by molar-refractivity contribution is -0.135. The van der Waals surface area contributed by atoms with Gasteiger partial charge in [0.15, 0.2) is 6.61 Å². The van der Waals surface area contributed by atoms with E-state index in [9.17, 15) is 19.2 Å². The van der Waals surface area contributed by atoms with Crippen LogP contribution in [0, 0.1) is 0 Å². The minimum absolute atomic E-state index is 0.131. The lowest BCUT2D eigenvalue weighted by atomic mass is 10.2. The molecule has 1 aliphatic heterocycles. The summed E-state index contributed by atoms with van der Waals surface area (Å²) in [5, 5.41) is 1.16. The second kappa shape index (κ2) is 9.72. The highest BCUT2D eigenvalue weighted by Crippen LogP contribution is 2.29. The van der Waals surface area contributed by atoms with Gasteiger partial charge in [-0.2, -0.15) is 0 Å². The number of carbonyl (C=O) groups is 4. The molecular weight excluding hydrogens is 426 g/mol. The molecule has 1 aliphatic carbocycles. The lowest BCUT2D eigenvalue weighted by Gasteiger charge is -2.27. The third-order valence-electron chi connectivity index (χ3n) is 5.56. The van der Waals surface area contributed by atoms with Crippen molar-refractivity contribution < 1.29 is 28.7 Å². The molecule has 4 rings (SSSR count). The van der Waals surface area contributed by atoms with E-state index in [-0.39, 0.29) is 48.8 Å². The Morgan fingerprint density at radius 1 is 1.03 bits per heavy atom. The normalized spacial score (nSPS) is 15.6. The first-order chi connectivity index (χ1) is 15.9. The fourth-order valence-corrected chi connectivity index (χ4v) is 3.56. The van der Waals surface area contributed by atoms with Crippen LogP contribution in [0.2, 0.25) is 0 Å². The number of hydrazine groups is 1. The number of carbonyl (C=O) groups excluding carboxylic acids is 4. The molecule has 0 atom stereocenters. The Morgan fingerprint density at radius 3 is 2.36 bits per heavy atom. The summed E-state index contributed by atoms with van der Waals surface area (Å²) in [6, 6.07) is 13.7. The van der Waals surface area contributed by atoms with Gasteiger partial charge in [-0.05, 0) is 54.8 Å². The molecule has 0 spiro atoms. The van der Waals surface area contributed by atoms with Crippen LogP contribution in [0.4, 0.5) is 5.69 Å². The largest absolute Gasteiger partial charge is 0.497 e. The summed E-state index contributed by atoms with van der Waals surface area (Å²) >= 11 is 0. The molecule has 1 heterocycles. The van der Waals surface area contributed by atoms with Crippen molar-refractivity contribution in [1.29, 1.82) is 0 Å². The second-order valence-corrected chi connectivity index (χ2v) is 7.99. The van der Waals surface area contributed by atoms with Crippen molar-refractivity contribution >= 4 is 29.4 Å². The number of nitrogens with zero attached hydrogens (tertiary/aromatic N) is 2. The van der Waals surface area contributed by atoms with Gasteiger partial charge >= 0.3 is 5.97 Å². The minimum Gasteiger partial charge on any atom is -0.497 e. The highest BCUT2D eigenvalue weighted by atomic mass is 16.5. The molecule has 33 heavy (non-hydrogen) atoms. The van der Waals surface area contributed by atoms with Crippen LogP contribution in [0.1, 0.15) is 41.6 Å². The van der Waals surface area contributed by atoms with E-state index in [1.54, 1.807) is 24.1 Å². The number of esters is 1. The SMILES string of the molecule is COc1ccc(CN(C(=O)COC(=O)c2ccc(N3NC(=O)CCC3=O)cc2)C2CC2)cc1. The van der Waals surface area contributed by atoms with E-state index >= 15 is 0 Å². The van der Waals surface area contributed by atoms with Gasteiger partial charge < -0.3 is 14.4 Å². The first kappa shape index (κ1) is 22.3. The van der Waals surface area contributed by atoms with E-state index in [0.717, 1.165) is 29.2 Å². The Kier molecular flexibility index (Phi) is 6.58. The maximum atomic E-state index is 12.8. The molecule has 0 bridgehead atoms. The van der Waals surface area contributed by atoms with E-state index in [0.29, 0.717) is 12.2 Å². The Bertz CT molecular complexity index is 1050. The summed E-state index contributed by atoms with van der Waals surface area (Å²) in [5.74, 6) is -0.613. The predicted octanol–water partition coefficient (Wildman–Crippen LogP) is 2.20. The molecule has 0 aromatic heterocycles. The van der Waals surface area contributed by atoms with Gasteiger partial charge in [-0.25, -0.2) is 9.80 Å². The first-order valence-corrected chi connectivity index (χ1v) is 10.8. The molecule has 2 aromatic carbocycles. The van der Waals surface area contributed by atoms with Gasteiger partial charge in [0, 0.05) is 25.4 Å². The van der Waals surface area contributed by atoms with Crippen LogP contribution < -0.4 is 15.2 Å². The van der Waals surface area contributed by atoms with Crippen LogP contribution in [-0.4, -0.2) is 48.3 Å². The quantitative estimate of drug-likeness (QED) is 0.617. The van der Waals surface area contributed by atoms with Crippen LogP contribution in [0.15, 0.2) is 48.5 Å². The topological polar surface area (TPSA) is 105 Å². The molecule has 0 radical (unpaired) electrons. The number of hydrogen-bond donors (Lipinski definition) is 1. The van der Waals surface area contributed by atoms with E-state index < -0.39 is 5.97 Å². The molecular formula is C24H25N3O6. The number of ether oxygens (including phenoxy) is 2. The third-order valence-corrected chi connectivity index (χ3v) is 5.56. The average molecular weight is 451 g/mol. The minimum atomic E-state index is -0.635. The average Bonchev–Trinajstić information content (AvgIpc) is 3.68. The zero-order valence-electron chi connectivity index (χ0n) is 18.3. The van der Waals surface area contributed by atoms with Crippen LogP contribution in [0.3, 0.4) is 0 Å². The molecule has 2 aliphatic rings. The van der Waals surface area contributed by atoms with Crippen molar-refractivity contribution in [3.8, 4) is 5.75 Å². The van der Waals surface area contributed by atoms with Crippen molar-refractivity contribution in [2.75, 3.05) is 18.7 Å². The molecule has 9 nitrogen and oxygen atoms in total. The van der Waals surface area contributed by atoms with E-state index in [4.69, 9.17) is 9.47 Å². The monoisotopic (exact) mass is 451 g/mol. The highest BCUT2D eigenvalue weighted by molar-refractivity contribution is 6.01. The van der Waals surface area contributed by atoms with Gasteiger partial charge in [0.1, 0.15) is 5.75 Å². The summed E-state index contributed by atoms with van der Waals surface area (Å²) in [4.78, 5) is 50.5. The van der Waals surface area contributed by atoms with Gasteiger partial charge in [-0.15, -0.1) is 0 Å². The summed E-state index contributed by atoms with van der Waals surface area (Å²) in [5.41, 5.74) is 4.16. The van der Waals surface area contributed by atoms with Crippen LogP contribution >= 0.6 is 0 Å². The number of rotatable bonds is 8. The zero-order valence-corrected chi connectivity index (χ0v) is 18.3. The summed E-state index contributed by atoms with van der Waals surface area (Å²) in [6.45, 7) is 0.0865. The van der Waals surface area contributed by atoms with E-state index in [1.165, 1.54) is 12.1 Å². The lowest BCUT2D eigenvalue weighted by Crippen LogP contribution is -2.50. The van der Waals surface area contributed by atoms with Gasteiger partial charge in [-0.3, -0.25) is 19.8 Å². The molecule has 9 heteroatoms. The molecule has 2 aromatic rings. The van der Waals surface area contributed by atoms with Gasteiger partial charge in [0.2, 0.25) is 11.8 Å². The number of methoxy groups -OCH3 is 1.